The zero-order valence-electron chi connectivity index (χ0n) is 18.1. The van der Waals surface area contributed by atoms with Crippen LogP contribution in [-0.4, -0.2) is 39.1 Å². The molecule has 0 aliphatic rings. The molecule has 4 aromatic rings. The Morgan fingerprint density at radius 2 is 1.69 bits per heavy atom. The maximum absolute atomic E-state index is 12.9. The van der Waals surface area contributed by atoms with Gasteiger partial charge < -0.3 is 9.84 Å². The quantitative estimate of drug-likeness (QED) is 0.388. The monoisotopic (exact) mass is 519 g/mol. The van der Waals surface area contributed by atoms with Crippen molar-refractivity contribution in [3.63, 3.8) is 0 Å². The van der Waals surface area contributed by atoms with Gasteiger partial charge in [0.05, 0.1) is 35.1 Å². The van der Waals surface area contributed by atoms with Gasteiger partial charge in [-0.05, 0) is 42.5 Å². The molecule has 2 aromatic heterocycles. The van der Waals surface area contributed by atoms with Gasteiger partial charge in [-0.3, -0.25) is 9.55 Å². The molecule has 0 amide bonds. The summed E-state index contributed by atoms with van der Waals surface area (Å²) in [7, 11) is -5.57. The summed E-state index contributed by atoms with van der Waals surface area (Å²) < 4.78 is 68.7. The molecule has 4 rings (SSSR count). The highest BCUT2D eigenvalue weighted by Gasteiger charge is 2.46. The largest absolute Gasteiger partial charge is 0.501 e. The molecule has 13 heteroatoms. The van der Waals surface area contributed by atoms with Crippen LogP contribution in [0.3, 0.4) is 0 Å². The highest BCUT2D eigenvalue weighted by Crippen LogP contribution is 2.31. The molecule has 0 bridgehead atoms. The Balaban J connectivity index is 1.62. The van der Waals surface area contributed by atoms with Gasteiger partial charge in [0.1, 0.15) is 0 Å². The molecule has 0 spiro atoms. The molecule has 1 N–H and O–H groups in total. The molecule has 0 atom stereocenters. The van der Waals surface area contributed by atoms with Crippen molar-refractivity contribution in [2.75, 3.05) is 0 Å². The maximum Gasteiger partial charge on any atom is 0.501 e. The van der Waals surface area contributed by atoms with Gasteiger partial charge in [0.25, 0.3) is 9.84 Å². The molecule has 0 saturated heterocycles. The third-order valence-electron chi connectivity index (χ3n) is 5.07. The smallest absolute Gasteiger partial charge is 0.493 e. The Morgan fingerprint density at radius 3 is 2.33 bits per heavy atom. The van der Waals surface area contributed by atoms with Crippen molar-refractivity contribution in [1.82, 2.24) is 14.1 Å². The van der Waals surface area contributed by atoms with E-state index in [0.717, 1.165) is 27.5 Å². The maximum atomic E-state index is 12.9. The minimum absolute atomic E-state index is 0.0668. The summed E-state index contributed by atoms with van der Waals surface area (Å²) in [6, 6.07) is 13.0. The van der Waals surface area contributed by atoms with Crippen LogP contribution >= 0.6 is 0 Å². The number of carbonyl (C=O) groups excluding carboxylic acids is 1. The van der Waals surface area contributed by atoms with Crippen LogP contribution < -0.4 is 10.4 Å². The minimum atomic E-state index is -5.57. The number of carbonyl (C=O) groups is 1. The molecule has 36 heavy (non-hydrogen) atoms. The number of halogens is 3. The van der Waals surface area contributed by atoms with E-state index in [-0.39, 0.29) is 18.0 Å². The van der Waals surface area contributed by atoms with Crippen molar-refractivity contribution in [2.24, 2.45) is 0 Å². The van der Waals surface area contributed by atoms with E-state index in [1.807, 2.05) is 0 Å². The lowest BCUT2D eigenvalue weighted by Crippen LogP contribution is -2.24. The van der Waals surface area contributed by atoms with Gasteiger partial charge in [-0.2, -0.15) is 13.2 Å². The van der Waals surface area contributed by atoms with Crippen LogP contribution in [-0.2, 0) is 16.4 Å². The van der Waals surface area contributed by atoms with Gasteiger partial charge in [0.15, 0.2) is 5.75 Å². The summed E-state index contributed by atoms with van der Waals surface area (Å²) in [6.07, 6.45) is 3.78. The predicted octanol–water partition coefficient (Wildman–Crippen LogP) is 3.30. The van der Waals surface area contributed by atoms with Gasteiger partial charge in [-0.1, -0.05) is 18.2 Å². The molecule has 2 aromatic carbocycles. The fraction of sp³-hybridized carbons (Fsp3) is 0.0870. The summed E-state index contributed by atoms with van der Waals surface area (Å²) in [4.78, 5) is 28.3. The zero-order chi connectivity index (χ0) is 26.1. The van der Waals surface area contributed by atoms with Crippen molar-refractivity contribution in [3.05, 3.63) is 101 Å². The summed E-state index contributed by atoms with van der Waals surface area (Å²) in [5.41, 5.74) is -5.66. The van der Waals surface area contributed by atoms with E-state index in [1.165, 1.54) is 18.5 Å². The number of benzene rings is 2. The second-order valence-corrected chi connectivity index (χ2v) is 9.36. The number of pyridine rings is 1. The standard InChI is InChI=1S/C23H16F3N3O6S/c24-23(25,26)36(33,34)18-8-6-17(7-9-18)29-20(30)14-28(22(29)32)13-16-10-11-27-12-19(16)35-21(31)15-4-2-1-3-5-15/h1-12,14,30H,13H2. The minimum Gasteiger partial charge on any atom is -0.493 e. The van der Waals surface area contributed by atoms with Crippen molar-refractivity contribution >= 4 is 15.8 Å². The summed E-state index contributed by atoms with van der Waals surface area (Å²) in [5.74, 6) is -1.12. The third-order valence-corrected chi connectivity index (χ3v) is 6.57. The lowest BCUT2D eigenvalue weighted by atomic mass is 10.2. The lowest BCUT2D eigenvalue weighted by molar-refractivity contribution is -0.0436. The Labute approximate surface area is 201 Å². The van der Waals surface area contributed by atoms with Crippen LogP contribution in [0.5, 0.6) is 11.6 Å². The van der Waals surface area contributed by atoms with Crippen molar-refractivity contribution < 1.29 is 36.2 Å². The van der Waals surface area contributed by atoms with Gasteiger partial charge in [0.2, 0.25) is 5.88 Å². The molecule has 0 aliphatic heterocycles. The molecule has 0 radical (unpaired) electrons. The molecule has 0 saturated carbocycles. The second-order valence-electron chi connectivity index (χ2n) is 7.42. The molecular weight excluding hydrogens is 503 g/mol. The highest BCUT2D eigenvalue weighted by atomic mass is 32.2. The number of aromatic nitrogens is 3. The van der Waals surface area contributed by atoms with E-state index in [1.54, 1.807) is 30.3 Å². The predicted molar refractivity (Wildman–Crippen MR) is 120 cm³/mol. The van der Waals surface area contributed by atoms with Crippen molar-refractivity contribution in [3.8, 4) is 17.3 Å². The van der Waals surface area contributed by atoms with Crippen molar-refractivity contribution in [2.45, 2.75) is 16.9 Å². The van der Waals surface area contributed by atoms with Gasteiger partial charge >= 0.3 is 17.2 Å². The van der Waals surface area contributed by atoms with Crippen LogP contribution in [0.15, 0.2) is 88.9 Å². The number of sulfone groups is 1. The SMILES string of the molecule is O=C(Oc1cnccc1Cn1cc(O)n(-c2ccc(S(=O)(=O)C(F)(F)F)cc2)c1=O)c1ccccc1. The Morgan fingerprint density at radius 1 is 1.03 bits per heavy atom. The number of hydrogen-bond acceptors (Lipinski definition) is 7. The summed E-state index contributed by atoms with van der Waals surface area (Å²) in [5, 5.41) is 10.3. The second kappa shape index (κ2) is 9.34. The highest BCUT2D eigenvalue weighted by molar-refractivity contribution is 7.92. The fourth-order valence-electron chi connectivity index (χ4n) is 3.29. The average molecular weight is 519 g/mol. The Bertz CT molecular complexity index is 1580. The molecule has 0 fully saturated rings. The average Bonchev–Trinajstić information content (AvgIpc) is 3.12. The van der Waals surface area contributed by atoms with E-state index >= 15 is 0 Å². The number of aromatic hydroxyl groups is 1. The van der Waals surface area contributed by atoms with Crippen LogP contribution in [0.4, 0.5) is 13.2 Å². The molecule has 0 aliphatic carbocycles. The van der Waals surface area contributed by atoms with E-state index < -0.39 is 37.8 Å². The van der Waals surface area contributed by atoms with Crippen LogP contribution in [0.1, 0.15) is 15.9 Å². The molecule has 0 unspecified atom stereocenters. The molecule has 186 valence electrons. The summed E-state index contributed by atoms with van der Waals surface area (Å²) in [6.45, 7) is -0.153. The Kier molecular flexibility index (Phi) is 6.41. The zero-order valence-corrected chi connectivity index (χ0v) is 18.9. The number of hydrogen-bond donors (Lipinski definition) is 1. The van der Waals surface area contributed by atoms with E-state index in [4.69, 9.17) is 4.74 Å². The van der Waals surface area contributed by atoms with Crippen molar-refractivity contribution in [1.29, 1.82) is 0 Å². The fourth-order valence-corrected chi connectivity index (χ4v) is 4.05. The topological polar surface area (TPSA) is 120 Å². The number of esters is 1. The van der Waals surface area contributed by atoms with Gasteiger partial charge in [-0.15, -0.1) is 0 Å². The first kappa shape index (κ1) is 24.7. The van der Waals surface area contributed by atoms with E-state index in [0.29, 0.717) is 23.3 Å². The number of alkyl halides is 3. The van der Waals surface area contributed by atoms with Gasteiger partial charge in [-0.25, -0.2) is 22.6 Å². The summed E-state index contributed by atoms with van der Waals surface area (Å²) >= 11 is 0. The number of ether oxygens (including phenoxy) is 1. The van der Waals surface area contributed by atoms with Crippen LogP contribution in [0.2, 0.25) is 0 Å². The number of nitrogens with zero attached hydrogens (tertiary/aromatic N) is 3. The first-order valence-corrected chi connectivity index (χ1v) is 11.6. The number of imidazole rings is 1. The first-order chi connectivity index (χ1) is 17.0. The number of rotatable bonds is 6. The van der Waals surface area contributed by atoms with Crippen LogP contribution in [0.25, 0.3) is 5.69 Å². The van der Waals surface area contributed by atoms with E-state index in [2.05, 4.69) is 4.98 Å². The van der Waals surface area contributed by atoms with Crippen LogP contribution in [0, 0.1) is 0 Å². The first-order valence-electron chi connectivity index (χ1n) is 10.1. The normalized spacial score (nSPS) is 11.9. The third kappa shape index (κ3) is 4.73. The lowest BCUT2D eigenvalue weighted by Gasteiger charge is -2.10. The molecular formula is C23H16F3N3O6S. The Hall–Kier alpha value is -4.39. The molecule has 2 heterocycles. The molecule has 9 nitrogen and oxygen atoms in total. The van der Waals surface area contributed by atoms with Gasteiger partial charge in [0, 0.05) is 11.8 Å². The van der Waals surface area contributed by atoms with E-state index in [9.17, 15) is 36.3 Å².